The standard InChI is InChI=1S/C29H32N2O.C23H30N2.C18H18N2O.C17H18N2.C15H15N2.C12H16N2/c1-18(2)22-11-9-12-23(19(3)4)28(22)31-17-16-30(21(31)6)27-20(5)14-15-25-24-10-7-8-13-26(24)32-29(25)27;1-16(2)20-11-9-12-21(17(3)4)23(20)25-15-14-24(19(25)6)22-13-8-7-10-18(22)5;1-12-8-9-15-14-6-4-5-7-16(14)21-18(15)17(12)20-11-10-19(3)13(20)2;1-14-8-6-7-11-17(14)19-13-12-18(15(19)2)16-9-4-3-5-10-16;1-12-7-3-5-9-14(12)17-15-10-6-4-8-13(15)11-16(17)2;1-10-6-4-5-7-12(10)14-9-8-13(3)11(14)2/h7-19,21H,1-6H3;7-17,19H,1-6H3;4-11,13H,1-3H3;3-13,15H,1-2H3;3-11H,1-2H3;4-9,11H,1-3H3/q;;;;+1;. The summed E-state index contributed by atoms with van der Waals surface area (Å²) in [4.78, 5) is 23.2. The molecule has 0 spiro atoms. The van der Waals surface area contributed by atoms with Crippen molar-refractivity contribution < 1.29 is 13.5 Å². The highest BCUT2D eigenvalue weighted by Gasteiger charge is 2.35. The first-order chi connectivity index (χ1) is 61.7. The van der Waals surface area contributed by atoms with Crippen molar-refractivity contribution in [3.05, 3.63) is 385 Å². The lowest BCUT2D eigenvalue weighted by Gasteiger charge is -2.34. The number of anilines is 8. The van der Waals surface area contributed by atoms with Gasteiger partial charge in [-0.3, -0.25) is 0 Å². The minimum absolute atomic E-state index is 0.143. The second-order valence-corrected chi connectivity index (χ2v) is 35.9. The average molecular weight is 1700 g/mol. The van der Waals surface area contributed by atoms with Crippen molar-refractivity contribution in [2.24, 2.45) is 7.05 Å². The van der Waals surface area contributed by atoms with Crippen LogP contribution in [-0.4, -0.2) is 59.4 Å². The van der Waals surface area contributed by atoms with Crippen LogP contribution in [0.25, 0.3) is 60.5 Å². The molecule has 15 aromatic rings. The molecule has 656 valence electrons. The number of hydrogen-bond donors (Lipinski definition) is 0. The van der Waals surface area contributed by atoms with Gasteiger partial charge in [-0.25, -0.2) is 0 Å². The molecule has 5 aliphatic heterocycles. The molecule has 20 rings (SSSR count). The SMILES string of the molecule is Cc1ccc2c(oc3ccccc32)c1N1C=CN(C)C1C.Cc1ccc2c(oc3ccccc32)c1N1C=CN(c2c(C(C)C)cccc2C(C)C)C1C.Cc1ccccc1-n1c2ccccc2c[n+]1C.Cc1ccccc1N1C=CN(C)C1C.Cc1ccccc1N1C=CN(c2c(C(C)C)cccc2C(C)C)C1C.Cc1ccccc1N1C=CN(c2ccccc2)C1C. The van der Waals surface area contributed by atoms with Crippen molar-refractivity contribution in [3.63, 3.8) is 0 Å². The van der Waals surface area contributed by atoms with Gasteiger partial charge in [0.15, 0.2) is 18.2 Å². The normalized spacial score (nSPS) is 16.9. The molecule has 8 heterocycles. The number of fused-ring (bicyclic) bond motifs is 7. The molecule has 0 bridgehead atoms. The van der Waals surface area contributed by atoms with Crippen LogP contribution in [0.1, 0.15) is 169 Å². The predicted octanol–water partition coefficient (Wildman–Crippen LogP) is 28.6. The molecule has 0 fully saturated rings. The van der Waals surface area contributed by atoms with Gasteiger partial charge >= 0.3 is 0 Å². The van der Waals surface area contributed by atoms with Crippen molar-refractivity contribution in [3.8, 4) is 5.69 Å². The lowest BCUT2D eigenvalue weighted by molar-refractivity contribution is -0.741. The summed E-state index contributed by atoms with van der Waals surface area (Å²) in [7, 11) is 6.27. The molecule has 0 N–H and O–H groups in total. The highest BCUT2D eigenvalue weighted by Crippen LogP contribution is 2.46. The molecule has 0 radical (unpaired) electrons. The van der Waals surface area contributed by atoms with Crippen molar-refractivity contribution in [2.45, 2.75) is 186 Å². The monoisotopic (exact) mass is 1700 g/mol. The van der Waals surface area contributed by atoms with E-state index in [2.05, 4.69) is 516 Å². The fourth-order valence-corrected chi connectivity index (χ4v) is 18.5. The molecule has 128 heavy (non-hydrogen) atoms. The van der Waals surface area contributed by atoms with Crippen LogP contribution < -0.4 is 43.9 Å². The number of aromatic nitrogens is 2. The van der Waals surface area contributed by atoms with Gasteiger partial charge in [-0.05, 0) is 216 Å². The third-order valence-corrected chi connectivity index (χ3v) is 26.0. The minimum Gasteiger partial charge on any atom is -0.454 e. The molecule has 5 aliphatic rings. The molecule has 3 aromatic heterocycles. The van der Waals surface area contributed by atoms with Crippen molar-refractivity contribution in [1.82, 2.24) is 14.5 Å². The summed E-state index contributed by atoms with van der Waals surface area (Å²) in [6, 6.07) is 91.8. The largest absolute Gasteiger partial charge is 0.454 e. The van der Waals surface area contributed by atoms with E-state index in [0.29, 0.717) is 42.2 Å². The number of benzene rings is 12. The fraction of sp³-hybridized carbons (Fsp3) is 0.272. The molecule has 0 amide bonds. The number of aryl methyl sites for hydroxylation is 7. The van der Waals surface area contributed by atoms with Gasteiger partial charge < -0.3 is 57.8 Å². The van der Waals surface area contributed by atoms with E-state index in [9.17, 15) is 0 Å². The summed E-state index contributed by atoms with van der Waals surface area (Å²) >= 11 is 0. The molecule has 14 nitrogen and oxygen atoms in total. The van der Waals surface area contributed by atoms with Crippen molar-refractivity contribution in [1.29, 1.82) is 0 Å². The molecule has 0 aliphatic carbocycles. The van der Waals surface area contributed by atoms with Crippen LogP contribution in [0.15, 0.2) is 338 Å². The van der Waals surface area contributed by atoms with Gasteiger partial charge in [0.25, 0.3) is 0 Å². The first kappa shape index (κ1) is 89.2. The van der Waals surface area contributed by atoms with Crippen LogP contribution in [0.4, 0.5) is 45.5 Å². The van der Waals surface area contributed by atoms with E-state index in [1.807, 2.05) is 24.3 Å². The van der Waals surface area contributed by atoms with Crippen LogP contribution in [-0.2, 0) is 7.05 Å². The Morgan fingerprint density at radius 2 is 0.578 bits per heavy atom. The van der Waals surface area contributed by atoms with Gasteiger partial charge in [-0.1, -0.05) is 256 Å². The number of para-hydroxylation sites is 10. The Morgan fingerprint density at radius 1 is 0.266 bits per heavy atom. The molecule has 12 aromatic carbocycles. The second kappa shape index (κ2) is 38.7. The van der Waals surface area contributed by atoms with Crippen molar-refractivity contribution in [2.75, 3.05) is 53.3 Å². The first-order valence-electron chi connectivity index (χ1n) is 45.6. The highest BCUT2D eigenvalue weighted by molar-refractivity contribution is 6.11. The molecule has 5 atom stereocenters. The van der Waals surface area contributed by atoms with Crippen LogP contribution in [0, 0.1) is 41.5 Å². The van der Waals surface area contributed by atoms with Gasteiger partial charge in [-0.2, -0.15) is 0 Å². The van der Waals surface area contributed by atoms with E-state index < -0.39 is 0 Å². The molecule has 0 saturated heterocycles. The molecular formula is C114H129N12O2+. The van der Waals surface area contributed by atoms with E-state index in [1.165, 1.54) is 128 Å². The van der Waals surface area contributed by atoms with Gasteiger partial charge in [0.1, 0.15) is 53.2 Å². The zero-order valence-corrected chi connectivity index (χ0v) is 79.1. The zero-order valence-electron chi connectivity index (χ0n) is 79.1. The van der Waals surface area contributed by atoms with Gasteiger partial charge in [-0.15, -0.1) is 9.36 Å². The van der Waals surface area contributed by atoms with Gasteiger partial charge in [0.05, 0.1) is 16.8 Å². The third-order valence-electron chi connectivity index (χ3n) is 26.0. The summed E-state index contributed by atoms with van der Waals surface area (Å²) in [6.07, 6.45) is 25.2. The maximum Gasteiger partial charge on any atom is 0.203 e. The maximum absolute atomic E-state index is 6.40. The van der Waals surface area contributed by atoms with E-state index >= 15 is 0 Å². The number of hydrogen-bond acceptors (Lipinski definition) is 12. The Hall–Kier alpha value is -13.6. The highest BCUT2D eigenvalue weighted by atomic mass is 16.3. The summed E-state index contributed by atoms with van der Waals surface area (Å²) in [5, 5.41) is 5.96. The van der Waals surface area contributed by atoms with E-state index in [4.69, 9.17) is 8.83 Å². The van der Waals surface area contributed by atoms with Crippen LogP contribution in [0.2, 0.25) is 0 Å². The Bertz CT molecular complexity index is 6520. The smallest absolute Gasteiger partial charge is 0.203 e. The summed E-state index contributed by atoms with van der Waals surface area (Å²) < 4.78 is 16.9. The lowest BCUT2D eigenvalue weighted by atomic mass is 9.92. The number of rotatable bonds is 13. The van der Waals surface area contributed by atoms with Gasteiger partial charge in [0, 0.05) is 132 Å². The number of nitrogens with zero attached hydrogens (tertiary/aromatic N) is 12. The van der Waals surface area contributed by atoms with Crippen LogP contribution in [0.3, 0.4) is 0 Å². The quantitative estimate of drug-likeness (QED) is 0.103. The van der Waals surface area contributed by atoms with Crippen LogP contribution >= 0.6 is 0 Å². The molecule has 0 saturated carbocycles. The molecule has 14 heteroatoms. The Labute approximate surface area is 760 Å². The molecular weight excluding hydrogens is 1570 g/mol. The number of furan rings is 2. The van der Waals surface area contributed by atoms with E-state index in [1.54, 1.807) is 0 Å². The summed E-state index contributed by atoms with van der Waals surface area (Å²) in [5.41, 5.74) is 29.7. The lowest BCUT2D eigenvalue weighted by Crippen LogP contribution is -2.37. The Balaban J connectivity index is 0.000000120. The predicted molar refractivity (Wildman–Crippen MR) is 544 cm³/mol. The van der Waals surface area contributed by atoms with Gasteiger partial charge in [0.2, 0.25) is 6.20 Å². The minimum atomic E-state index is 0.143. The summed E-state index contributed by atoms with van der Waals surface area (Å²) in [6.45, 7) is 42.4. The van der Waals surface area contributed by atoms with Crippen molar-refractivity contribution >= 4 is 100 Å². The van der Waals surface area contributed by atoms with E-state index in [0.717, 1.165) is 33.7 Å². The average Bonchev–Trinajstić information content (AvgIpc) is 1.59. The molecule has 5 unspecified atom stereocenters. The Kier molecular flexibility index (Phi) is 27.0. The maximum atomic E-state index is 6.40. The third kappa shape index (κ3) is 18.0. The Morgan fingerprint density at radius 3 is 0.984 bits per heavy atom. The van der Waals surface area contributed by atoms with Crippen LogP contribution in [0.5, 0.6) is 0 Å². The summed E-state index contributed by atoms with van der Waals surface area (Å²) in [5.74, 6) is 1.92. The second-order valence-electron chi connectivity index (χ2n) is 35.9. The zero-order chi connectivity index (χ0) is 90.5. The van der Waals surface area contributed by atoms with E-state index in [-0.39, 0.29) is 12.3 Å². The fourth-order valence-electron chi connectivity index (χ4n) is 18.5. The topological polar surface area (TPSA) is 67.5 Å². The first-order valence-corrected chi connectivity index (χ1v) is 45.6.